The van der Waals surface area contributed by atoms with Crippen molar-refractivity contribution in [2.24, 2.45) is 7.05 Å². The molecule has 0 radical (unpaired) electrons. The van der Waals surface area contributed by atoms with Crippen molar-refractivity contribution in [1.82, 2.24) is 25.3 Å². The van der Waals surface area contributed by atoms with E-state index < -0.39 is 0 Å². The molecule has 8 heteroatoms. The first-order chi connectivity index (χ1) is 12.5. The van der Waals surface area contributed by atoms with Gasteiger partial charge in [0.25, 0.3) is 5.89 Å². The van der Waals surface area contributed by atoms with Crippen molar-refractivity contribution in [2.75, 3.05) is 6.54 Å². The fraction of sp³-hybridized carbons (Fsp3) is 0.333. The molecule has 1 amide bonds. The maximum Gasteiger partial charge on any atom is 0.265 e. The highest BCUT2D eigenvalue weighted by atomic mass is 19.1. The van der Waals surface area contributed by atoms with Gasteiger partial charge >= 0.3 is 0 Å². The summed E-state index contributed by atoms with van der Waals surface area (Å²) in [6, 6.07) is 8.20. The molecule has 3 rings (SSSR count). The van der Waals surface area contributed by atoms with Crippen molar-refractivity contribution in [1.29, 1.82) is 0 Å². The molecule has 136 valence electrons. The van der Waals surface area contributed by atoms with Crippen LogP contribution in [0.25, 0.3) is 11.6 Å². The standard InChI is InChI=1S/C18H20FN5O2/c1-12-10-15(24(2)23-12)18-22-21-17(26-18)7-6-16(25)20-9-8-13-4-3-5-14(19)11-13/h3-5,10-11H,6-9H2,1-2H3,(H,20,25). The molecule has 2 aromatic heterocycles. The Labute approximate surface area is 150 Å². The Hall–Kier alpha value is -3.03. The molecule has 3 aromatic rings. The Balaban J connectivity index is 1.45. The van der Waals surface area contributed by atoms with Gasteiger partial charge in [0.15, 0.2) is 0 Å². The number of nitrogens with zero attached hydrogens (tertiary/aromatic N) is 4. The number of benzene rings is 1. The first-order valence-corrected chi connectivity index (χ1v) is 8.36. The third-order valence-electron chi connectivity index (χ3n) is 3.88. The van der Waals surface area contributed by atoms with Crippen molar-refractivity contribution in [3.63, 3.8) is 0 Å². The topological polar surface area (TPSA) is 85.8 Å². The first kappa shape index (κ1) is 17.8. The highest BCUT2D eigenvalue weighted by Gasteiger charge is 2.14. The van der Waals surface area contributed by atoms with E-state index in [1.54, 1.807) is 17.8 Å². The molecule has 0 aliphatic rings. The summed E-state index contributed by atoms with van der Waals surface area (Å²) >= 11 is 0. The number of carbonyl (C=O) groups is 1. The summed E-state index contributed by atoms with van der Waals surface area (Å²) in [6.07, 6.45) is 1.18. The number of aromatic nitrogens is 4. The summed E-state index contributed by atoms with van der Waals surface area (Å²) in [5.41, 5.74) is 2.44. The minimum Gasteiger partial charge on any atom is -0.419 e. The molecular weight excluding hydrogens is 337 g/mol. The normalized spacial score (nSPS) is 10.9. The average molecular weight is 357 g/mol. The van der Waals surface area contributed by atoms with Crippen LogP contribution in [0.15, 0.2) is 34.7 Å². The van der Waals surface area contributed by atoms with Gasteiger partial charge in [-0.25, -0.2) is 4.39 Å². The molecule has 26 heavy (non-hydrogen) atoms. The third kappa shape index (κ3) is 4.53. The lowest BCUT2D eigenvalue weighted by atomic mass is 10.1. The summed E-state index contributed by atoms with van der Waals surface area (Å²) in [6.45, 7) is 2.33. The Bertz CT molecular complexity index is 903. The number of carbonyl (C=O) groups excluding carboxylic acids is 1. The van der Waals surface area contributed by atoms with Crippen LogP contribution in [0, 0.1) is 12.7 Å². The van der Waals surface area contributed by atoms with Gasteiger partial charge in [-0.1, -0.05) is 12.1 Å². The van der Waals surface area contributed by atoms with Crippen LogP contribution in [0.4, 0.5) is 4.39 Å². The molecule has 0 fully saturated rings. The highest BCUT2D eigenvalue weighted by Crippen LogP contribution is 2.18. The summed E-state index contributed by atoms with van der Waals surface area (Å²) in [7, 11) is 1.80. The highest BCUT2D eigenvalue weighted by molar-refractivity contribution is 5.76. The number of halogens is 1. The van der Waals surface area contributed by atoms with Crippen LogP contribution in [0.2, 0.25) is 0 Å². The van der Waals surface area contributed by atoms with Crippen LogP contribution >= 0.6 is 0 Å². The number of hydrogen-bond donors (Lipinski definition) is 1. The minimum atomic E-state index is -0.273. The monoisotopic (exact) mass is 357 g/mol. The molecule has 1 N–H and O–H groups in total. The van der Waals surface area contributed by atoms with Crippen LogP contribution in [0.5, 0.6) is 0 Å². The maximum absolute atomic E-state index is 13.1. The first-order valence-electron chi connectivity index (χ1n) is 8.36. The van der Waals surface area contributed by atoms with Crippen molar-refractivity contribution >= 4 is 5.91 Å². The van der Waals surface area contributed by atoms with Gasteiger partial charge < -0.3 is 9.73 Å². The van der Waals surface area contributed by atoms with E-state index >= 15 is 0 Å². The second-order valence-electron chi connectivity index (χ2n) is 6.03. The summed E-state index contributed by atoms with van der Waals surface area (Å²) in [5.74, 6) is 0.399. The molecule has 1 aromatic carbocycles. The van der Waals surface area contributed by atoms with Gasteiger partial charge in [-0.2, -0.15) is 5.10 Å². The lowest BCUT2D eigenvalue weighted by Crippen LogP contribution is -2.25. The van der Waals surface area contributed by atoms with Crippen molar-refractivity contribution in [3.8, 4) is 11.6 Å². The molecule has 0 atom stereocenters. The summed E-state index contributed by atoms with van der Waals surface area (Å²) < 4.78 is 20.4. The molecule has 0 aliphatic heterocycles. The molecule has 0 saturated heterocycles. The van der Waals surface area contributed by atoms with E-state index in [-0.39, 0.29) is 18.1 Å². The molecule has 0 unspecified atom stereocenters. The van der Waals surface area contributed by atoms with E-state index in [0.717, 1.165) is 17.0 Å². The molecule has 0 saturated carbocycles. The smallest absolute Gasteiger partial charge is 0.265 e. The quantitative estimate of drug-likeness (QED) is 0.701. The predicted octanol–water partition coefficient (Wildman–Crippen LogP) is 2.21. The lowest BCUT2D eigenvalue weighted by molar-refractivity contribution is -0.121. The second kappa shape index (κ2) is 7.90. The number of amides is 1. The van der Waals surface area contributed by atoms with Crippen molar-refractivity contribution in [3.05, 3.63) is 53.3 Å². The Kier molecular flexibility index (Phi) is 5.40. The van der Waals surface area contributed by atoms with Gasteiger partial charge in [-0.15, -0.1) is 10.2 Å². The zero-order valence-corrected chi connectivity index (χ0v) is 14.7. The van der Waals surface area contributed by atoms with E-state index in [1.807, 2.05) is 19.1 Å². The molecular formula is C18H20FN5O2. The zero-order chi connectivity index (χ0) is 18.5. The second-order valence-corrected chi connectivity index (χ2v) is 6.03. The van der Waals surface area contributed by atoms with Gasteiger partial charge in [0, 0.05) is 26.4 Å². The van der Waals surface area contributed by atoms with Crippen LogP contribution < -0.4 is 5.32 Å². The molecule has 0 aliphatic carbocycles. The van der Waals surface area contributed by atoms with Crippen LogP contribution in [0.3, 0.4) is 0 Å². The average Bonchev–Trinajstić information content (AvgIpc) is 3.19. The van der Waals surface area contributed by atoms with E-state index in [0.29, 0.717) is 31.2 Å². The molecule has 7 nitrogen and oxygen atoms in total. The zero-order valence-electron chi connectivity index (χ0n) is 14.7. The third-order valence-corrected chi connectivity index (χ3v) is 3.88. The van der Waals surface area contributed by atoms with Crippen LogP contribution in [-0.4, -0.2) is 32.4 Å². The maximum atomic E-state index is 13.1. The van der Waals surface area contributed by atoms with E-state index in [4.69, 9.17) is 4.42 Å². The van der Waals surface area contributed by atoms with Gasteiger partial charge in [0.05, 0.1) is 5.69 Å². The van der Waals surface area contributed by atoms with Gasteiger partial charge in [0.1, 0.15) is 11.5 Å². The SMILES string of the molecule is Cc1cc(-c2nnc(CCC(=O)NCCc3cccc(F)c3)o2)n(C)n1. The molecule has 0 bridgehead atoms. The van der Waals surface area contributed by atoms with Crippen molar-refractivity contribution in [2.45, 2.75) is 26.2 Å². The van der Waals surface area contributed by atoms with E-state index in [1.165, 1.54) is 12.1 Å². The molecule has 0 spiro atoms. The number of rotatable bonds is 7. The number of aryl methyl sites for hydroxylation is 3. The van der Waals surface area contributed by atoms with Crippen LogP contribution in [-0.2, 0) is 24.7 Å². The Morgan fingerprint density at radius 2 is 2.12 bits per heavy atom. The van der Waals surface area contributed by atoms with E-state index in [9.17, 15) is 9.18 Å². The molecule has 2 heterocycles. The predicted molar refractivity (Wildman–Crippen MR) is 92.7 cm³/mol. The van der Waals surface area contributed by atoms with Gasteiger partial charge in [-0.3, -0.25) is 9.48 Å². The number of hydrogen-bond acceptors (Lipinski definition) is 5. The summed E-state index contributed by atoms with van der Waals surface area (Å²) in [4.78, 5) is 11.9. The van der Waals surface area contributed by atoms with Gasteiger partial charge in [0.2, 0.25) is 11.8 Å². The fourth-order valence-corrected chi connectivity index (χ4v) is 2.62. The fourth-order valence-electron chi connectivity index (χ4n) is 2.62. The Morgan fingerprint density at radius 3 is 2.85 bits per heavy atom. The lowest BCUT2D eigenvalue weighted by Gasteiger charge is -2.04. The summed E-state index contributed by atoms with van der Waals surface area (Å²) in [5, 5.41) is 15.0. The Morgan fingerprint density at radius 1 is 1.27 bits per heavy atom. The van der Waals surface area contributed by atoms with Gasteiger partial charge in [-0.05, 0) is 37.1 Å². The number of nitrogens with one attached hydrogen (secondary N) is 1. The van der Waals surface area contributed by atoms with E-state index in [2.05, 4.69) is 20.6 Å². The van der Waals surface area contributed by atoms with Crippen LogP contribution in [0.1, 0.15) is 23.6 Å². The minimum absolute atomic E-state index is 0.113. The largest absolute Gasteiger partial charge is 0.419 e. The van der Waals surface area contributed by atoms with Crippen molar-refractivity contribution < 1.29 is 13.6 Å².